The van der Waals surface area contributed by atoms with Crippen LogP contribution in [-0.2, 0) is 16.4 Å². The topological polar surface area (TPSA) is 68.1 Å². The molecule has 0 aliphatic carbocycles. The smallest absolute Gasteiger partial charge is 0.231 e. The highest BCUT2D eigenvalue weighted by Crippen LogP contribution is 2.39. The average molecular weight is 388 g/mol. The first kappa shape index (κ1) is 18.3. The molecule has 0 saturated carbocycles. The van der Waals surface area contributed by atoms with Gasteiger partial charge in [0.05, 0.1) is 11.8 Å². The second-order valence-corrected chi connectivity index (χ2v) is 7.56. The van der Waals surface area contributed by atoms with Gasteiger partial charge in [0.15, 0.2) is 5.65 Å². The molecule has 0 saturated heterocycles. The summed E-state index contributed by atoms with van der Waals surface area (Å²) in [4.78, 5) is 7.27. The molecule has 26 heavy (non-hydrogen) atoms. The van der Waals surface area contributed by atoms with Crippen molar-refractivity contribution in [2.45, 2.75) is 6.18 Å². The third-order valence-electron chi connectivity index (χ3n) is 3.67. The van der Waals surface area contributed by atoms with Gasteiger partial charge in [0.2, 0.25) is 5.95 Å². The van der Waals surface area contributed by atoms with E-state index in [0.29, 0.717) is 10.2 Å². The molecule has 0 unspecified atom stereocenters. The summed E-state index contributed by atoms with van der Waals surface area (Å²) in [5.41, 5.74) is -2.06. The van der Waals surface area contributed by atoms with Crippen LogP contribution in [0.25, 0.3) is 22.3 Å². The lowest BCUT2D eigenvalue weighted by atomic mass is 10.0. The SMILES string of the molecule is CN(C)S(=O)(=O)n1cc(-c2ccccc2C(F)(F)F)c2nc(F)cnc21. The van der Waals surface area contributed by atoms with Gasteiger partial charge in [-0.1, -0.05) is 18.2 Å². The van der Waals surface area contributed by atoms with Crippen LogP contribution in [-0.4, -0.2) is 40.8 Å². The molecule has 0 amide bonds. The molecule has 1 aromatic carbocycles. The van der Waals surface area contributed by atoms with E-state index in [9.17, 15) is 26.0 Å². The standard InChI is InChI=1S/C15H12F4N4O2S/c1-22(2)26(24,25)23-8-10(13-14(23)20-7-12(16)21-13)9-5-3-4-6-11(9)15(17,18)19/h3-8H,1-2H3. The summed E-state index contributed by atoms with van der Waals surface area (Å²) >= 11 is 0. The molecule has 0 N–H and O–H groups in total. The van der Waals surface area contributed by atoms with Crippen molar-refractivity contribution in [1.29, 1.82) is 0 Å². The Labute approximate surface area is 145 Å². The molecule has 3 rings (SSSR count). The number of alkyl halides is 3. The van der Waals surface area contributed by atoms with E-state index in [4.69, 9.17) is 0 Å². The van der Waals surface area contributed by atoms with Crippen LogP contribution < -0.4 is 0 Å². The van der Waals surface area contributed by atoms with Crippen LogP contribution in [0.5, 0.6) is 0 Å². The molecule has 0 spiro atoms. The second kappa shape index (κ2) is 6.02. The van der Waals surface area contributed by atoms with Crippen molar-refractivity contribution in [1.82, 2.24) is 18.2 Å². The summed E-state index contributed by atoms with van der Waals surface area (Å²) in [6.45, 7) is 0. The third kappa shape index (κ3) is 2.92. The van der Waals surface area contributed by atoms with E-state index in [1.54, 1.807) is 0 Å². The van der Waals surface area contributed by atoms with E-state index >= 15 is 0 Å². The Morgan fingerprint density at radius 3 is 2.38 bits per heavy atom. The molecule has 0 bridgehead atoms. The number of rotatable bonds is 3. The van der Waals surface area contributed by atoms with E-state index in [0.717, 1.165) is 22.6 Å². The number of hydrogen-bond donors (Lipinski definition) is 0. The zero-order valence-electron chi connectivity index (χ0n) is 13.5. The predicted octanol–water partition coefficient (Wildman–Crippen LogP) is 2.91. The van der Waals surface area contributed by atoms with Gasteiger partial charge in [-0.25, -0.2) is 13.9 Å². The van der Waals surface area contributed by atoms with Crippen molar-refractivity contribution in [3.05, 3.63) is 48.2 Å². The van der Waals surface area contributed by atoms with Crippen molar-refractivity contribution >= 4 is 21.4 Å². The largest absolute Gasteiger partial charge is 0.417 e. The Hall–Kier alpha value is -2.53. The number of hydrogen-bond acceptors (Lipinski definition) is 4. The Morgan fingerprint density at radius 2 is 1.77 bits per heavy atom. The number of halogens is 4. The van der Waals surface area contributed by atoms with Crippen molar-refractivity contribution in [2.75, 3.05) is 14.1 Å². The summed E-state index contributed by atoms with van der Waals surface area (Å²) < 4.78 is 80.0. The Kier molecular flexibility index (Phi) is 4.23. The van der Waals surface area contributed by atoms with Crippen molar-refractivity contribution in [2.24, 2.45) is 0 Å². The van der Waals surface area contributed by atoms with Gasteiger partial charge in [-0.3, -0.25) is 0 Å². The lowest BCUT2D eigenvalue weighted by molar-refractivity contribution is -0.137. The van der Waals surface area contributed by atoms with Crippen LogP contribution in [0.4, 0.5) is 17.6 Å². The lowest BCUT2D eigenvalue weighted by Gasteiger charge is -2.12. The first-order valence-electron chi connectivity index (χ1n) is 7.16. The Balaban J connectivity index is 2.42. The Bertz CT molecular complexity index is 1090. The molecule has 0 atom stereocenters. The first-order chi connectivity index (χ1) is 12.0. The number of benzene rings is 1. The quantitative estimate of drug-likeness (QED) is 0.647. The van der Waals surface area contributed by atoms with Gasteiger partial charge in [0.1, 0.15) is 5.52 Å². The van der Waals surface area contributed by atoms with Crippen molar-refractivity contribution in [3.63, 3.8) is 0 Å². The molecule has 2 aromatic heterocycles. The molecule has 0 aliphatic rings. The van der Waals surface area contributed by atoms with Crippen LogP contribution in [0.2, 0.25) is 0 Å². The molecule has 0 fully saturated rings. The van der Waals surface area contributed by atoms with Crippen LogP contribution in [0.1, 0.15) is 5.56 Å². The minimum atomic E-state index is -4.69. The molecule has 6 nitrogen and oxygen atoms in total. The second-order valence-electron chi connectivity index (χ2n) is 5.54. The minimum absolute atomic E-state index is 0.189. The fraction of sp³-hybridized carbons (Fsp3) is 0.200. The highest BCUT2D eigenvalue weighted by Gasteiger charge is 2.35. The molecular weight excluding hydrogens is 376 g/mol. The summed E-state index contributed by atoms with van der Waals surface area (Å²) in [7, 11) is -1.61. The number of nitrogens with zero attached hydrogens (tertiary/aromatic N) is 4. The molecular formula is C15H12F4N4O2S. The molecule has 3 aromatic rings. The van der Waals surface area contributed by atoms with E-state index in [1.165, 1.54) is 26.2 Å². The van der Waals surface area contributed by atoms with Crippen molar-refractivity contribution in [3.8, 4) is 11.1 Å². The van der Waals surface area contributed by atoms with E-state index in [-0.39, 0.29) is 22.3 Å². The summed E-state index contributed by atoms with van der Waals surface area (Å²) in [6.07, 6.45) is -3.03. The molecule has 11 heteroatoms. The summed E-state index contributed by atoms with van der Waals surface area (Å²) in [5.74, 6) is -1.04. The third-order valence-corrected chi connectivity index (χ3v) is 5.37. The fourth-order valence-electron chi connectivity index (χ4n) is 2.46. The first-order valence-corrected chi connectivity index (χ1v) is 8.56. The normalized spacial score (nSPS) is 12.9. The van der Waals surface area contributed by atoms with Crippen LogP contribution >= 0.6 is 0 Å². The number of fused-ring (bicyclic) bond motifs is 1. The van der Waals surface area contributed by atoms with Gasteiger partial charge in [-0.15, -0.1) is 0 Å². The zero-order chi connectivity index (χ0) is 19.3. The monoisotopic (exact) mass is 388 g/mol. The van der Waals surface area contributed by atoms with Gasteiger partial charge in [-0.05, 0) is 11.6 Å². The van der Waals surface area contributed by atoms with Gasteiger partial charge < -0.3 is 0 Å². The van der Waals surface area contributed by atoms with Crippen molar-refractivity contribution < 1.29 is 26.0 Å². The Morgan fingerprint density at radius 1 is 1.12 bits per heavy atom. The molecule has 138 valence electrons. The highest BCUT2D eigenvalue weighted by molar-refractivity contribution is 7.87. The maximum absolute atomic E-state index is 13.6. The fourth-order valence-corrected chi connectivity index (χ4v) is 3.40. The van der Waals surface area contributed by atoms with Crippen LogP contribution in [0, 0.1) is 5.95 Å². The maximum Gasteiger partial charge on any atom is 0.417 e. The number of aromatic nitrogens is 3. The summed E-state index contributed by atoms with van der Waals surface area (Å²) in [5, 5.41) is 0. The predicted molar refractivity (Wildman–Crippen MR) is 85.9 cm³/mol. The average Bonchev–Trinajstić information content (AvgIpc) is 2.93. The van der Waals surface area contributed by atoms with E-state index in [2.05, 4.69) is 9.97 Å². The maximum atomic E-state index is 13.6. The van der Waals surface area contributed by atoms with E-state index < -0.39 is 27.9 Å². The van der Waals surface area contributed by atoms with Gasteiger partial charge >= 0.3 is 16.4 Å². The minimum Gasteiger partial charge on any atom is -0.231 e. The zero-order valence-corrected chi connectivity index (χ0v) is 14.3. The molecule has 0 aliphatic heterocycles. The van der Waals surface area contributed by atoms with Gasteiger partial charge in [0.25, 0.3) is 0 Å². The summed E-state index contributed by atoms with van der Waals surface area (Å²) in [6, 6.07) is 4.58. The van der Waals surface area contributed by atoms with Gasteiger partial charge in [0, 0.05) is 25.9 Å². The highest BCUT2D eigenvalue weighted by atomic mass is 32.2. The van der Waals surface area contributed by atoms with Crippen LogP contribution in [0.15, 0.2) is 36.7 Å². The van der Waals surface area contributed by atoms with Crippen LogP contribution in [0.3, 0.4) is 0 Å². The molecule has 2 heterocycles. The molecule has 0 radical (unpaired) electrons. The van der Waals surface area contributed by atoms with E-state index in [1.807, 2.05) is 0 Å². The van der Waals surface area contributed by atoms with Gasteiger partial charge in [-0.2, -0.15) is 30.3 Å². The lowest BCUT2D eigenvalue weighted by Crippen LogP contribution is -2.28.